The van der Waals surface area contributed by atoms with Crippen molar-refractivity contribution in [3.05, 3.63) is 0 Å². The van der Waals surface area contributed by atoms with Gasteiger partial charge in [0.15, 0.2) is 0 Å². The Labute approximate surface area is 88.0 Å². The quantitative estimate of drug-likeness (QED) is 0.560. The van der Waals surface area contributed by atoms with Crippen molar-refractivity contribution in [1.82, 2.24) is 0 Å². The van der Waals surface area contributed by atoms with Crippen LogP contribution in [0.2, 0.25) is 0 Å². The zero-order valence-electron chi connectivity index (χ0n) is 10.0. The number of hydrogen-bond donors (Lipinski definition) is 0. The first kappa shape index (κ1) is 13.5. The molecule has 0 spiro atoms. The van der Waals surface area contributed by atoms with Crippen molar-refractivity contribution in [3.63, 3.8) is 0 Å². The number of hydrogen-bond acceptors (Lipinski definition) is 2. The summed E-state index contributed by atoms with van der Waals surface area (Å²) in [5.41, 5.74) is -0.241. The van der Waals surface area contributed by atoms with Gasteiger partial charge in [0.2, 0.25) is 0 Å². The van der Waals surface area contributed by atoms with Crippen LogP contribution in [0.15, 0.2) is 0 Å². The zero-order chi connectivity index (χ0) is 11.0. The number of ether oxygens (including phenoxy) is 1. The van der Waals surface area contributed by atoms with E-state index in [1.54, 1.807) is 0 Å². The Morgan fingerprint density at radius 2 is 2.07 bits per heavy atom. The topological polar surface area (TPSA) is 26.3 Å². The van der Waals surface area contributed by atoms with E-state index in [2.05, 4.69) is 20.8 Å². The molecule has 0 aliphatic heterocycles. The molecule has 0 fully saturated rings. The normalized spacial score (nSPS) is 17.1. The third-order valence-electron chi connectivity index (χ3n) is 3.18. The minimum atomic E-state index is -0.241. The summed E-state index contributed by atoms with van der Waals surface area (Å²) in [6.45, 7) is 9.13. The van der Waals surface area contributed by atoms with Gasteiger partial charge in [-0.1, -0.05) is 33.6 Å². The van der Waals surface area contributed by atoms with E-state index in [9.17, 15) is 4.79 Å². The van der Waals surface area contributed by atoms with Gasteiger partial charge in [0.25, 0.3) is 6.47 Å². The number of carbonyl (C=O) groups excluding carboxylic acids is 1. The maximum absolute atomic E-state index is 10.3. The van der Waals surface area contributed by atoms with Gasteiger partial charge in [-0.3, -0.25) is 4.79 Å². The molecule has 2 nitrogen and oxygen atoms in total. The maximum atomic E-state index is 10.3. The van der Waals surface area contributed by atoms with Crippen LogP contribution < -0.4 is 0 Å². The predicted octanol–water partition coefficient (Wildman–Crippen LogP) is 3.54. The largest absolute Gasteiger partial charge is 0.462 e. The Hall–Kier alpha value is -0.530. The van der Waals surface area contributed by atoms with E-state index < -0.39 is 0 Å². The molecule has 0 radical (unpaired) electrons. The molecule has 84 valence electrons. The lowest BCUT2D eigenvalue weighted by Crippen LogP contribution is -2.27. The summed E-state index contributed by atoms with van der Waals surface area (Å²) in [6.07, 6.45) is 5.48. The summed E-state index contributed by atoms with van der Waals surface area (Å²) in [6, 6.07) is 0. The van der Waals surface area contributed by atoms with Crippen molar-refractivity contribution in [2.45, 2.75) is 65.4 Å². The molecule has 0 saturated heterocycles. The second-order valence-electron chi connectivity index (χ2n) is 4.42. The van der Waals surface area contributed by atoms with Crippen molar-refractivity contribution in [2.24, 2.45) is 5.92 Å². The van der Waals surface area contributed by atoms with E-state index in [0.29, 0.717) is 6.47 Å². The molecular formula is C12H24O2. The van der Waals surface area contributed by atoms with Gasteiger partial charge in [-0.05, 0) is 32.1 Å². The Morgan fingerprint density at radius 3 is 2.50 bits per heavy atom. The molecule has 0 heterocycles. The number of carbonyl (C=O) groups is 1. The summed E-state index contributed by atoms with van der Waals surface area (Å²) < 4.78 is 5.11. The van der Waals surface area contributed by atoms with Crippen LogP contribution in [-0.4, -0.2) is 12.1 Å². The molecule has 0 aromatic carbocycles. The third kappa shape index (κ3) is 5.25. The lowest BCUT2D eigenvalue weighted by atomic mass is 9.92. The molecule has 0 aliphatic rings. The fourth-order valence-corrected chi connectivity index (χ4v) is 1.46. The van der Waals surface area contributed by atoms with Gasteiger partial charge in [0, 0.05) is 0 Å². The molecule has 0 amide bonds. The molecule has 0 saturated carbocycles. The standard InChI is InChI=1S/C12H24O2/c1-5-11(3)8-7-9-12(4,6-2)14-10-13/h10-11H,5-9H2,1-4H3. The van der Waals surface area contributed by atoms with Gasteiger partial charge in [-0.2, -0.15) is 0 Å². The first-order valence-electron chi connectivity index (χ1n) is 5.69. The first-order valence-corrected chi connectivity index (χ1v) is 5.69. The summed E-state index contributed by atoms with van der Waals surface area (Å²) >= 11 is 0. The predicted molar refractivity (Wildman–Crippen MR) is 59.2 cm³/mol. The Bertz CT molecular complexity index is 156. The van der Waals surface area contributed by atoms with E-state index in [1.807, 2.05) is 6.92 Å². The van der Waals surface area contributed by atoms with Crippen LogP contribution in [0.4, 0.5) is 0 Å². The van der Waals surface area contributed by atoms with Crippen LogP contribution in [0, 0.1) is 5.92 Å². The van der Waals surface area contributed by atoms with Crippen molar-refractivity contribution in [1.29, 1.82) is 0 Å². The van der Waals surface area contributed by atoms with Crippen molar-refractivity contribution >= 4 is 6.47 Å². The Kier molecular flexibility index (Phi) is 6.60. The Balaban J connectivity index is 3.77. The van der Waals surface area contributed by atoms with Crippen LogP contribution in [0.3, 0.4) is 0 Å². The molecular weight excluding hydrogens is 176 g/mol. The first-order chi connectivity index (χ1) is 6.58. The van der Waals surface area contributed by atoms with Gasteiger partial charge < -0.3 is 4.74 Å². The molecule has 0 N–H and O–H groups in total. The fraction of sp³-hybridized carbons (Fsp3) is 0.917. The molecule has 0 rings (SSSR count). The van der Waals surface area contributed by atoms with E-state index in [-0.39, 0.29) is 5.60 Å². The van der Waals surface area contributed by atoms with Crippen molar-refractivity contribution < 1.29 is 9.53 Å². The molecule has 2 unspecified atom stereocenters. The zero-order valence-corrected chi connectivity index (χ0v) is 10.0. The molecule has 0 aromatic rings. The van der Waals surface area contributed by atoms with Crippen LogP contribution in [0.25, 0.3) is 0 Å². The van der Waals surface area contributed by atoms with Gasteiger partial charge in [0.05, 0.1) is 0 Å². The Morgan fingerprint density at radius 1 is 1.43 bits per heavy atom. The van der Waals surface area contributed by atoms with Crippen LogP contribution in [0.5, 0.6) is 0 Å². The summed E-state index contributed by atoms with van der Waals surface area (Å²) in [7, 11) is 0. The van der Waals surface area contributed by atoms with Gasteiger partial charge in [0.1, 0.15) is 5.60 Å². The average Bonchev–Trinajstić information content (AvgIpc) is 2.18. The third-order valence-corrected chi connectivity index (χ3v) is 3.18. The fourth-order valence-electron chi connectivity index (χ4n) is 1.46. The molecule has 0 bridgehead atoms. The minimum absolute atomic E-state index is 0.241. The second-order valence-corrected chi connectivity index (χ2v) is 4.42. The molecule has 14 heavy (non-hydrogen) atoms. The van der Waals surface area contributed by atoms with E-state index in [1.165, 1.54) is 12.8 Å². The van der Waals surface area contributed by atoms with Crippen LogP contribution >= 0.6 is 0 Å². The smallest absolute Gasteiger partial charge is 0.293 e. The SMILES string of the molecule is CCC(C)CCCC(C)(CC)OC=O. The summed E-state index contributed by atoms with van der Waals surface area (Å²) in [5, 5.41) is 0. The van der Waals surface area contributed by atoms with Crippen molar-refractivity contribution in [3.8, 4) is 0 Å². The summed E-state index contributed by atoms with van der Waals surface area (Å²) in [5.74, 6) is 0.785. The minimum Gasteiger partial charge on any atom is -0.462 e. The van der Waals surface area contributed by atoms with E-state index >= 15 is 0 Å². The highest BCUT2D eigenvalue weighted by molar-refractivity contribution is 5.38. The average molecular weight is 200 g/mol. The van der Waals surface area contributed by atoms with Gasteiger partial charge in [-0.15, -0.1) is 0 Å². The monoisotopic (exact) mass is 200 g/mol. The molecule has 0 aliphatic carbocycles. The highest BCUT2D eigenvalue weighted by atomic mass is 16.5. The van der Waals surface area contributed by atoms with Crippen LogP contribution in [-0.2, 0) is 9.53 Å². The lowest BCUT2D eigenvalue weighted by Gasteiger charge is -2.26. The molecule has 2 atom stereocenters. The lowest BCUT2D eigenvalue weighted by molar-refractivity contribution is -0.143. The second kappa shape index (κ2) is 6.86. The van der Waals surface area contributed by atoms with E-state index in [0.717, 1.165) is 25.2 Å². The van der Waals surface area contributed by atoms with Gasteiger partial charge >= 0.3 is 0 Å². The molecule has 0 aromatic heterocycles. The number of rotatable bonds is 8. The molecule has 2 heteroatoms. The van der Waals surface area contributed by atoms with Gasteiger partial charge in [-0.25, -0.2) is 0 Å². The van der Waals surface area contributed by atoms with Crippen molar-refractivity contribution in [2.75, 3.05) is 0 Å². The van der Waals surface area contributed by atoms with Crippen LogP contribution in [0.1, 0.15) is 59.8 Å². The highest BCUT2D eigenvalue weighted by Gasteiger charge is 2.22. The van der Waals surface area contributed by atoms with E-state index in [4.69, 9.17) is 4.74 Å². The maximum Gasteiger partial charge on any atom is 0.293 e. The highest BCUT2D eigenvalue weighted by Crippen LogP contribution is 2.23. The summed E-state index contributed by atoms with van der Waals surface area (Å²) in [4.78, 5) is 10.3.